The van der Waals surface area contributed by atoms with Gasteiger partial charge in [0.1, 0.15) is 12.4 Å². The van der Waals surface area contributed by atoms with Crippen molar-refractivity contribution in [1.82, 2.24) is 9.78 Å². The molecule has 144 valence electrons. The quantitative estimate of drug-likeness (QED) is 0.621. The van der Waals surface area contributed by atoms with Crippen LogP contribution in [0.2, 0.25) is 0 Å². The highest BCUT2D eigenvalue weighted by atomic mass is 16.5. The van der Waals surface area contributed by atoms with E-state index >= 15 is 0 Å². The zero-order valence-corrected chi connectivity index (χ0v) is 15.1. The van der Waals surface area contributed by atoms with Crippen LogP contribution in [0.1, 0.15) is 15.9 Å². The number of carboxylic acids is 1. The van der Waals surface area contributed by atoms with Gasteiger partial charge in [-0.05, 0) is 42.3 Å². The Labute approximate surface area is 161 Å². The van der Waals surface area contributed by atoms with Gasteiger partial charge in [0.05, 0.1) is 17.9 Å². The molecule has 1 heterocycles. The van der Waals surface area contributed by atoms with E-state index in [1.54, 1.807) is 30.3 Å². The zero-order chi connectivity index (χ0) is 19.9. The highest BCUT2D eigenvalue weighted by Gasteiger charge is 2.07. The fraction of sp³-hybridized carbons (Fsp3) is 0.190. The van der Waals surface area contributed by atoms with Gasteiger partial charge in [-0.3, -0.25) is 4.79 Å². The van der Waals surface area contributed by atoms with Crippen LogP contribution in [-0.4, -0.2) is 39.2 Å². The van der Waals surface area contributed by atoms with E-state index in [0.29, 0.717) is 24.4 Å². The fourth-order valence-corrected chi connectivity index (χ4v) is 2.77. The zero-order valence-electron chi connectivity index (χ0n) is 15.1. The SMILES string of the molecule is O=C(O)c1cccc(CCn2nc(-c3cccc(OCCO)c3)ccc2=O)c1. The van der Waals surface area contributed by atoms with Crippen molar-refractivity contribution in [3.05, 3.63) is 82.1 Å². The lowest BCUT2D eigenvalue weighted by Crippen LogP contribution is -2.23. The van der Waals surface area contributed by atoms with E-state index in [0.717, 1.165) is 11.1 Å². The van der Waals surface area contributed by atoms with E-state index < -0.39 is 5.97 Å². The molecule has 0 atom stereocenters. The van der Waals surface area contributed by atoms with Crippen LogP contribution >= 0.6 is 0 Å². The molecule has 7 heteroatoms. The molecule has 28 heavy (non-hydrogen) atoms. The Morgan fingerprint density at radius 2 is 1.89 bits per heavy atom. The summed E-state index contributed by atoms with van der Waals surface area (Å²) in [6.07, 6.45) is 0.483. The molecule has 0 saturated heterocycles. The number of hydrogen-bond donors (Lipinski definition) is 2. The van der Waals surface area contributed by atoms with E-state index in [2.05, 4.69) is 5.10 Å². The highest BCUT2D eigenvalue weighted by Crippen LogP contribution is 2.21. The second-order valence-corrected chi connectivity index (χ2v) is 6.14. The Hall–Kier alpha value is -3.45. The lowest BCUT2D eigenvalue weighted by molar-refractivity contribution is 0.0696. The maximum atomic E-state index is 12.2. The topological polar surface area (TPSA) is 102 Å². The predicted molar refractivity (Wildman–Crippen MR) is 104 cm³/mol. The van der Waals surface area contributed by atoms with Crippen LogP contribution in [0.5, 0.6) is 5.75 Å². The first-order valence-electron chi connectivity index (χ1n) is 8.81. The Kier molecular flexibility index (Phi) is 6.18. The summed E-state index contributed by atoms with van der Waals surface area (Å²) in [6, 6.07) is 17.0. The molecule has 0 fully saturated rings. The molecule has 0 unspecified atom stereocenters. The minimum atomic E-state index is -0.984. The van der Waals surface area contributed by atoms with Crippen LogP contribution in [-0.2, 0) is 13.0 Å². The molecule has 0 radical (unpaired) electrons. The number of hydrogen-bond acceptors (Lipinski definition) is 5. The minimum Gasteiger partial charge on any atom is -0.491 e. The normalized spacial score (nSPS) is 10.6. The molecule has 0 aliphatic carbocycles. The Morgan fingerprint density at radius 3 is 2.68 bits per heavy atom. The number of carbonyl (C=O) groups is 1. The Balaban J connectivity index is 1.79. The maximum Gasteiger partial charge on any atom is 0.335 e. The van der Waals surface area contributed by atoms with E-state index in [1.807, 2.05) is 18.2 Å². The molecule has 3 aromatic rings. The van der Waals surface area contributed by atoms with E-state index in [-0.39, 0.29) is 24.3 Å². The molecule has 0 saturated carbocycles. The van der Waals surface area contributed by atoms with Gasteiger partial charge in [0.25, 0.3) is 5.56 Å². The maximum absolute atomic E-state index is 12.2. The van der Waals surface area contributed by atoms with Gasteiger partial charge < -0.3 is 14.9 Å². The summed E-state index contributed by atoms with van der Waals surface area (Å²) in [5, 5.41) is 22.4. The molecule has 0 spiro atoms. The van der Waals surface area contributed by atoms with Crippen molar-refractivity contribution in [3.63, 3.8) is 0 Å². The van der Waals surface area contributed by atoms with Gasteiger partial charge in [0, 0.05) is 18.2 Å². The number of aliphatic hydroxyl groups is 1. The number of rotatable bonds is 8. The summed E-state index contributed by atoms with van der Waals surface area (Å²) in [6.45, 7) is 0.457. The standard InChI is InChI=1S/C21H20N2O5/c24-11-12-28-18-6-2-4-16(14-18)19-7-8-20(25)23(22-19)10-9-15-3-1-5-17(13-15)21(26)27/h1-8,13-14,24H,9-12H2,(H,26,27). The molecule has 2 aromatic carbocycles. The van der Waals surface area contributed by atoms with Crippen LogP contribution in [0.4, 0.5) is 0 Å². The Morgan fingerprint density at radius 1 is 1.07 bits per heavy atom. The van der Waals surface area contributed by atoms with Crippen molar-refractivity contribution in [1.29, 1.82) is 0 Å². The smallest absolute Gasteiger partial charge is 0.335 e. The Bertz CT molecular complexity index is 1030. The monoisotopic (exact) mass is 380 g/mol. The van der Waals surface area contributed by atoms with Gasteiger partial charge in [-0.15, -0.1) is 0 Å². The second kappa shape index (κ2) is 8.96. The summed E-state index contributed by atoms with van der Waals surface area (Å²) in [7, 11) is 0. The van der Waals surface area contributed by atoms with Gasteiger partial charge in [-0.1, -0.05) is 24.3 Å². The number of carboxylic acid groups (broad SMARTS) is 1. The molecule has 3 rings (SSSR count). The average molecular weight is 380 g/mol. The van der Waals surface area contributed by atoms with Crippen LogP contribution in [0.3, 0.4) is 0 Å². The van der Waals surface area contributed by atoms with Crippen LogP contribution in [0.25, 0.3) is 11.3 Å². The molecule has 0 aliphatic heterocycles. The second-order valence-electron chi connectivity index (χ2n) is 6.14. The fourth-order valence-electron chi connectivity index (χ4n) is 2.77. The molecule has 1 aromatic heterocycles. The number of aromatic nitrogens is 2. The van der Waals surface area contributed by atoms with Crippen molar-refractivity contribution < 1.29 is 19.7 Å². The molecule has 2 N–H and O–H groups in total. The number of nitrogens with zero attached hydrogens (tertiary/aromatic N) is 2. The summed E-state index contributed by atoms with van der Waals surface area (Å²) in [4.78, 5) is 23.2. The highest BCUT2D eigenvalue weighted by molar-refractivity contribution is 5.87. The lowest BCUT2D eigenvalue weighted by atomic mass is 10.1. The summed E-state index contributed by atoms with van der Waals surface area (Å²) < 4.78 is 6.78. The molecular formula is C21H20N2O5. The lowest BCUT2D eigenvalue weighted by Gasteiger charge is -2.09. The molecule has 0 bridgehead atoms. The van der Waals surface area contributed by atoms with Gasteiger partial charge in [0.15, 0.2) is 0 Å². The number of ether oxygens (including phenoxy) is 1. The number of aliphatic hydroxyl groups excluding tert-OH is 1. The van der Waals surface area contributed by atoms with Crippen molar-refractivity contribution >= 4 is 5.97 Å². The third-order valence-electron chi connectivity index (χ3n) is 4.14. The minimum absolute atomic E-state index is 0.0730. The van der Waals surface area contributed by atoms with Crippen molar-refractivity contribution in [3.8, 4) is 17.0 Å². The summed E-state index contributed by atoms with van der Waals surface area (Å²) >= 11 is 0. The number of benzene rings is 2. The van der Waals surface area contributed by atoms with Crippen molar-refractivity contribution in [2.75, 3.05) is 13.2 Å². The summed E-state index contributed by atoms with van der Waals surface area (Å²) in [5.41, 5.74) is 2.21. The predicted octanol–water partition coefficient (Wildman–Crippen LogP) is 2.22. The third kappa shape index (κ3) is 4.83. The van der Waals surface area contributed by atoms with Gasteiger partial charge >= 0.3 is 5.97 Å². The van der Waals surface area contributed by atoms with Crippen LogP contribution in [0.15, 0.2) is 65.5 Å². The molecule has 0 aliphatic rings. The summed E-state index contributed by atoms with van der Waals surface area (Å²) in [5.74, 6) is -0.376. The van der Waals surface area contributed by atoms with Gasteiger partial charge in [-0.25, -0.2) is 9.48 Å². The van der Waals surface area contributed by atoms with E-state index in [1.165, 1.54) is 16.8 Å². The van der Waals surface area contributed by atoms with Gasteiger partial charge in [-0.2, -0.15) is 5.10 Å². The molecule has 7 nitrogen and oxygen atoms in total. The van der Waals surface area contributed by atoms with E-state index in [4.69, 9.17) is 14.9 Å². The van der Waals surface area contributed by atoms with Crippen molar-refractivity contribution in [2.24, 2.45) is 0 Å². The first-order chi connectivity index (χ1) is 13.6. The first-order valence-corrected chi connectivity index (χ1v) is 8.81. The number of aromatic carboxylic acids is 1. The first kappa shape index (κ1) is 19.3. The van der Waals surface area contributed by atoms with Crippen LogP contribution in [0, 0.1) is 0 Å². The average Bonchev–Trinajstić information content (AvgIpc) is 2.72. The van der Waals surface area contributed by atoms with E-state index in [9.17, 15) is 9.59 Å². The molecule has 0 amide bonds. The number of aryl methyl sites for hydroxylation is 2. The molecular weight excluding hydrogens is 360 g/mol. The third-order valence-corrected chi connectivity index (χ3v) is 4.14. The van der Waals surface area contributed by atoms with Crippen LogP contribution < -0.4 is 10.3 Å². The van der Waals surface area contributed by atoms with Gasteiger partial charge in [0.2, 0.25) is 0 Å². The largest absolute Gasteiger partial charge is 0.491 e. The van der Waals surface area contributed by atoms with Crippen molar-refractivity contribution in [2.45, 2.75) is 13.0 Å².